The lowest BCUT2D eigenvalue weighted by Gasteiger charge is -2.25. The van der Waals surface area contributed by atoms with E-state index in [0.717, 1.165) is 0 Å². The number of carboxylic acid groups (broad SMARTS) is 2. The van der Waals surface area contributed by atoms with E-state index < -0.39 is 35.2 Å². The number of rotatable bonds is 5. The SMILES string of the molecule is NC(C(=O)[C@]1(C(=O)O)CN[C@@H](C(=O)O)C1)c1ccccc1. The van der Waals surface area contributed by atoms with Crippen LogP contribution in [0.2, 0.25) is 0 Å². The summed E-state index contributed by atoms with van der Waals surface area (Å²) in [4.78, 5) is 35.1. The third-order valence-electron chi connectivity index (χ3n) is 3.82. The Balaban J connectivity index is 2.29. The van der Waals surface area contributed by atoms with Crippen molar-refractivity contribution in [3.05, 3.63) is 35.9 Å². The van der Waals surface area contributed by atoms with Crippen LogP contribution in [0.25, 0.3) is 0 Å². The monoisotopic (exact) mass is 292 g/mol. The Bertz CT molecular complexity index is 574. The summed E-state index contributed by atoms with van der Waals surface area (Å²) in [5, 5.41) is 20.9. The molecule has 21 heavy (non-hydrogen) atoms. The lowest BCUT2D eigenvalue weighted by atomic mass is 9.77. The molecule has 5 N–H and O–H groups in total. The van der Waals surface area contributed by atoms with Crippen LogP contribution in [0.5, 0.6) is 0 Å². The Morgan fingerprint density at radius 3 is 2.33 bits per heavy atom. The number of ketones is 1. The first-order valence-corrected chi connectivity index (χ1v) is 6.43. The molecule has 1 heterocycles. The van der Waals surface area contributed by atoms with Gasteiger partial charge in [-0.2, -0.15) is 0 Å². The summed E-state index contributed by atoms with van der Waals surface area (Å²) < 4.78 is 0. The number of carbonyl (C=O) groups excluding carboxylic acids is 1. The smallest absolute Gasteiger partial charge is 0.320 e. The number of nitrogens with one attached hydrogen (secondary N) is 1. The second-order valence-electron chi connectivity index (χ2n) is 5.12. The van der Waals surface area contributed by atoms with Gasteiger partial charge in [-0.25, -0.2) is 0 Å². The van der Waals surface area contributed by atoms with Crippen LogP contribution in [0.4, 0.5) is 0 Å². The van der Waals surface area contributed by atoms with Gasteiger partial charge in [0.1, 0.15) is 11.5 Å². The van der Waals surface area contributed by atoms with E-state index in [4.69, 9.17) is 10.8 Å². The van der Waals surface area contributed by atoms with Crippen molar-refractivity contribution in [2.24, 2.45) is 11.1 Å². The first kappa shape index (κ1) is 15.1. The second kappa shape index (κ2) is 5.63. The van der Waals surface area contributed by atoms with Crippen LogP contribution in [-0.4, -0.2) is 40.5 Å². The van der Waals surface area contributed by atoms with E-state index in [0.29, 0.717) is 5.56 Å². The number of Topliss-reactive ketones (excluding diaryl/α,β-unsaturated/α-hetero) is 1. The number of carbonyl (C=O) groups is 3. The highest BCUT2D eigenvalue weighted by atomic mass is 16.4. The van der Waals surface area contributed by atoms with Crippen molar-refractivity contribution in [2.75, 3.05) is 6.54 Å². The molecule has 112 valence electrons. The maximum absolute atomic E-state index is 12.5. The molecule has 3 atom stereocenters. The van der Waals surface area contributed by atoms with Gasteiger partial charge < -0.3 is 21.3 Å². The molecule has 1 aromatic rings. The zero-order valence-electron chi connectivity index (χ0n) is 11.2. The molecule has 1 unspecified atom stereocenters. The first-order valence-electron chi connectivity index (χ1n) is 6.43. The highest BCUT2D eigenvalue weighted by molar-refractivity contribution is 6.07. The normalized spacial score (nSPS) is 26.2. The van der Waals surface area contributed by atoms with Gasteiger partial charge in [-0.05, 0) is 12.0 Å². The number of nitrogens with two attached hydrogens (primary N) is 1. The Morgan fingerprint density at radius 2 is 1.86 bits per heavy atom. The minimum Gasteiger partial charge on any atom is -0.480 e. The van der Waals surface area contributed by atoms with Gasteiger partial charge in [0, 0.05) is 6.54 Å². The van der Waals surface area contributed by atoms with E-state index in [1.54, 1.807) is 30.3 Å². The number of aliphatic carboxylic acids is 2. The third kappa shape index (κ3) is 2.65. The van der Waals surface area contributed by atoms with Gasteiger partial charge in [-0.3, -0.25) is 14.4 Å². The molecule has 0 spiro atoms. The highest BCUT2D eigenvalue weighted by Crippen LogP contribution is 2.34. The van der Waals surface area contributed by atoms with Gasteiger partial charge in [0.2, 0.25) is 0 Å². The van der Waals surface area contributed by atoms with Crippen molar-refractivity contribution in [3.8, 4) is 0 Å². The van der Waals surface area contributed by atoms with Crippen molar-refractivity contribution in [1.82, 2.24) is 5.32 Å². The molecule has 1 aliphatic rings. The molecule has 1 aliphatic heterocycles. The maximum Gasteiger partial charge on any atom is 0.320 e. The predicted molar refractivity (Wildman–Crippen MR) is 72.5 cm³/mol. The minimum atomic E-state index is -1.81. The van der Waals surface area contributed by atoms with Crippen LogP contribution in [-0.2, 0) is 14.4 Å². The molecule has 0 radical (unpaired) electrons. The van der Waals surface area contributed by atoms with Crippen LogP contribution in [0.3, 0.4) is 0 Å². The summed E-state index contributed by atoms with van der Waals surface area (Å²) in [5.41, 5.74) is 4.57. The predicted octanol–water partition coefficient (Wildman–Crippen LogP) is -0.227. The Labute approximate surface area is 120 Å². The van der Waals surface area contributed by atoms with Gasteiger partial charge >= 0.3 is 11.9 Å². The first-order chi connectivity index (χ1) is 9.88. The second-order valence-corrected chi connectivity index (χ2v) is 5.12. The molecule has 2 rings (SSSR count). The molecule has 0 amide bonds. The molecular weight excluding hydrogens is 276 g/mol. The number of hydrogen-bond donors (Lipinski definition) is 4. The summed E-state index contributed by atoms with van der Waals surface area (Å²) in [6.45, 7) is -0.237. The summed E-state index contributed by atoms with van der Waals surface area (Å²) in [7, 11) is 0. The third-order valence-corrected chi connectivity index (χ3v) is 3.82. The molecule has 7 heteroatoms. The standard InChI is InChI=1S/C14H16N2O5/c15-10(8-4-2-1-3-5-8)11(17)14(13(20)21)6-9(12(18)19)16-7-14/h1-5,9-10,16H,6-7,15H2,(H,18,19)(H,20,21)/t9-,10?,14-/m1/s1. The Morgan fingerprint density at radius 1 is 1.24 bits per heavy atom. The Hall–Kier alpha value is -2.25. The summed E-state index contributed by atoms with van der Waals surface area (Å²) in [6.07, 6.45) is -0.308. The van der Waals surface area contributed by atoms with Crippen LogP contribution in [0, 0.1) is 5.41 Å². The summed E-state index contributed by atoms with van der Waals surface area (Å²) in [6, 6.07) is 6.26. The van der Waals surface area contributed by atoms with Crippen LogP contribution >= 0.6 is 0 Å². The van der Waals surface area contributed by atoms with E-state index >= 15 is 0 Å². The maximum atomic E-state index is 12.5. The van der Waals surface area contributed by atoms with Gasteiger partial charge in [0.25, 0.3) is 0 Å². The summed E-state index contributed by atoms with van der Waals surface area (Å²) in [5.74, 6) is -3.22. The highest BCUT2D eigenvalue weighted by Gasteiger charge is 2.54. The largest absolute Gasteiger partial charge is 0.480 e. The lowest BCUT2D eigenvalue weighted by molar-refractivity contribution is -0.154. The van der Waals surface area contributed by atoms with Crippen molar-refractivity contribution in [3.63, 3.8) is 0 Å². The molecule has 0 aromatic heterocycles. The topological polar surface area (TPSA) is 130 Å². The lowest BCUT2D eigenvalue weighted by Crippen LogP contribution is -2.46. The van der Waals surface area contributed by atoms with E-state index in [2.05, 4.69) is 5.32 Å². The van der Waals surface area contributed by atoms with Gasteiger partial charge in [-0.1, -0.05) is 30.3 Å². The van der Waals surface area contributed by atoms with E-state index in [-0.39, 0.29) is 13.0 Å². The molecule has 0 saturated carbocycles. The zero-order valence-corrected chi connectivity index (χ0v) is 11.2. The zero-order chi connectivity index (χ0) is 15.6. The van der Waals surface area contributed by atoms with E-state index in [9.17, 15) is 19.5 Å². The molecule has 7 nitrogen and oxygen atoms in total. The van der Waals surface area contributed by atoms with E-state index in [1.807, 2.05) is 0 Å². The molecule has 1 fully saturated rings. The van der Waals surface area contributed by atoms with Gasteiger partial charge in [0.05, 0.1) is 6.04 Å². The average molecular weight is 292 g/mol. The molecule has 1 saturated heterocycles. The van der Waals surface area contributed by atoms with Crippen LogP contribution in [0.15, 0.2) is 30.3 Å². The van der Waals surface area contributed by atoms with Crippen molar-refractivity contribution < 1.29 is 24.6 Å². The van der Waals surface area contributed by atoms with E-state index in [1.165, 1.54) is 0 Å². The number of carboxylic acids is 2. The molecular formula is C14H16N2O5. The van der Waals surface area contributed by atoms with Crippen LogP contribution < -0.4 is 11.1 Å². The fourth-order valence-electron chi connectivity index (χ4n) is 2.53. The average Bonchev–Trinajstić information content (AvgIpc) is 2.93. The minimum absolute atomic E-state index is 0.237. The fourth-order valence-corrected chi connectivity index (χ4v) is 2.53. The van der Waals surface area contributed by atoms with Crippen molar-refractivity contribution >= 4 is 17.7 Å². The molecule has 1 aromatic carbocycles. The quantitative estimate of drug-likeness (QED) is 0.552. The van der Waals surface area contributed by atoms with Crippen molar-refractivity contribution in [2.45, 2.75) is 18.5 Å². The van der Waals surface area contributed by atoms with Gasteiger partial charge in [0.15, 0.2) is 5.78 Å². The van der Waals surface area contributed by atoms with Crippen LogP contribution in [0.1, 0.15) is 18.0 Å². The van der Waals surface area contributed by atoms with Crippen molar-refractivity contribution in [1.29, 1.82) is 0 Å². The summed E-state index contributed by atoms with van der Waals surface area (Å²) >= 11 is 0. The number of hydrogen-bond acceptors (Lipinski definition) is 5. The van der Waals surface area contributed by atoms with Gasteiger partial charge in [-0.15, -0.1) is 0 Å². The fraction of sp³-hybridized carbons (Fsp3) is 0.357. The number of benzene rings is 1. The Kier molecular flexibility index (Phi) is 4.06. The molecule has 0 aliphatic carbocycles. The molecule has 0 bridgehead atoms.